The second kappa shape index (κ2) is 6.42. The van der Waals surface area contributed by atoms with Crippen LogP contribution >= 0.6 is 0 Å². The molecule has 1 aromatic rings. The number of hydrogen-bond acceptors (Lipinski definition) is 5. The van der Waals surface area contributed by atoms with E-state index in [0.717, 1.165) is 18.9 Å². The molecule has 1 heterocycles. The fourth-order valence-electron chi connectivity index (χ4n) is 2.58. The Morgan fingerprint density at radius 3 is 2.89 bits per heavy atom. The third-order valence-corrected chi connectivity index (χ3v) is 3.60. The Kier molecular flexibility index (Phi) is 4.61. The summed E-state index contributed by atoms with van der Waals surface area (Å²) in [6, 6.07) is 0. The van der Waals surface area contributed by atoms with Crippen LogP contribution in [0, 0.1) is 5.92 Å². The van der Waals surface area contributed by atoms with E-state index in [9.17, 15) is 0 Å². The lowest BCUT2D eigenvalue weighted by Gasteiger charge is -2.11. The molecule has 1 saturated carbocycles. The van der Waals surface area contributed by atoms with Gasteiger partial charge in [0.25, 0.3) is 0 Å². The zero-order valence-electron chi connectivity index (χ0n) is 11.0. The Bertz CT molecular complexity index is 377. The molecule has 1 aromatic heterocycles. The third-order valence-electron chi connectivity index (χ3n) is 3.60. The fourth-order valence-corrected chi connectivity index (χ4v) is 2.58. The summed E-state index contributed by atoms with van der Waals surface area (Å²) >= 11 is 0. The lowest BCUT2D eigenvalue weighted by atomic mass is 10.0. The normalized spacial score (nSPS) is 15.8. The molecule has 100 valence electrons. The van der Waals surface area contributed by atoms with Crippen molar-refractivity contribution < 1.29 is 4.74 Å². The van der Waals surface area contributed by atoms with Crippen LogP contribution in [0.2, 0.25) is 0 Å². The maximum Gasteiger partial charge on any atom is 0.242 e. The van der Waals surface area contributed by atoms with Crippen molar-refractivity contribution in [2.75, 3.05) is 24.7 Å². The minimum atomic E-state index is 0.434. The van der Waals surface area contributed by atoms with E-state index in [1.54, 1.807) is 7.11 Å². The number of anilines is 2. The van der Waals surface area contributed by atoms with E-state index in [0.29, 0.717) is 17.4 Å². The first-order valence-corrected chi connectivity index (χ1v) is 6.69. The molecule has 0 unspecified atom stereocenters. The molecule has 0 amide bonds. The van der Waals surface area contributed by atoms with Gasteiger partial charge in [-0.05, 0) is 18.8 Å². The predicted octanol–water partition coefficient (Wildman–Crippen LogP) is 2.45. The molecule has 0 spiro atoms. The van der Waals surface area contributed by atoms with Gasteiger partial charge in [0, 0.05) is 6.54 Å². The number of nitrogens with zero attached hydrogens (tertiary/aromatic N) is 2. The lowest BCUT2D eigenvalue weighted by molar-refractivity contribution is 0.399. The summed E-state index contributed by atoms with van der Waals surface area (Å²) in [5.41, 5.74) is 6.37. The van der Waals surface area contributed by atoms with Gasteiger partial charge in [0.1, 0.15) is 12.0 Å². The van der Waals surface area contributed by atoms with Gasteiger partial charge in [-0.25, -0.2) is 4.98 Å². The molecule has 1 fully saturated rings. The van der Waals surface area contributed by atoms with Crippen molar-refractivity contribution in [3.8, 4) is 5.88 Å². The molecule has 5 heteroatoms. The number of aromatic nitrogens is 2. The van der Waals surface area contributed by atoms with Gasteiger partial charge in [-0.2, -0.15) is 4.98 Å². The number of nitrogens with one attached hydrogen (secondary N) is 1. The minimum absolute atomic E-state index is 0.434. The highest BCUT2D eigenvalue weighted by Crippen LogP contribution is 2.28. The molecule has 1 aliphatic rings. The third kappa shape index (κ3) is 3.24. The molecule has 0 atom stereocenters. The molecule has 3 N–H and O–H groups in total. The maximum absolute atomic E-state index is 5.89. The van der Waals surface area contributed by atoms with Gasteiger partial charge in [0.05, 0.1) is 7.11 Å². The molecule has 18 heavy (non-hydrogen) atoms. The SMILES string of the molecule is COc1ncnc(NCCCC2CCCC2)c1N. The number of rotatable bonds is 6. The first-order chi connectivity index (χ1) is 8.81. The van der Waals surface area contributed by atoms with Gasteiger partial charge in [0.15, 0.2) is 5.82 Å². The summed E-state index contributed by atoms with van der Waals surface area (Å²) in [5.74, 6) is 2.04. The molecule has 0 bridgehead atoms. The van der Waals surface area contributed by atoms with E-state index < -0.39 is 0 Å². The number of ether oxygens (including phenoxy) is 1. The average molecular weight is 250 g/mol. The van der Waals surface area contributed by atoms with Crippen LogP contribution in [-0.4, -0.2) is 23.6 Å². The number of nitrogens with two attached hydrogens (primary N) is 1. The minimum Gasteiger partial charge on any atom is -0.479 e. The molecule has 0 radical (unpaired) electrons. The lowest BCUT2D eigenvalue weighted by Crippen LogP contribution is -2.09. The molecular formula is C13H22N4O. The van der Waals surface area contributed by atoms with Crippen molar-refractivity contribution in [1.82, 2.24) is 9.97 Å². The van der Waals surface area contributed by atoms with Crippen LogP contribution in [0.3, 0.4) is 0 Å². The summed E-state index contributed by atoms with van der Waals surface area (Å²) in [4.78, 5) is 8.08. The van der Waals surface area contributed by atoms with Gasteiger partial charge in [-0.1, -0.05) is 25.7 Å². The molecule has 2 rings (SSSR count). The second-order valence-corrected chi connectivity index (χ2v) is 4.86. The molecule has 1 aliphatic carbocycles. The van der Waals surface area contributed by atoms with E-state index >= 15 is 0 Å². The second-order valence-electron chi connectivity index (χ2n) is 4.86. The summed E-state index contributed by atoms with van der Waals surface area (Å²) < 4.78 is 5.06. The molecule has 0 aliphatic heterocycles. The smallest absolute Gasteiger partial charge is 0.242 e. The van der Waals surface area contributed by atoms with E-state index in [1.165, 1.54) is 38.4 Å². The molecule has 0 aromatic carbocycles. The average Bonchev–Trinajstić information content (AvgIpc) is 2.89. The number of methoxy groups -OCH3 is 1. The standard InChI is InChI=1S/C13H22N4O/c1-18-13-11(14)12(16-9-17-13)15-8-4-7-10-5-2-3-6-10/h9-10H,2-8,14H2,1H3,(H,15,16,17). The number of hydrogen-bond donors (Lipinski definition) is 2. The van der Waals surface area contributed by atoms with Gasteiger partial charge < -0.3 is 15.8 Å². The first kappa shape index (κ1) is 12.9. The van der Waals surface area contributed by atoms with Gasteiger partial charge in [0.2, 0.25) is 5.88 Å². The van der Waals surface area contributed by atoms with Gasteiger partial charge in [-0.3, -0.25) is 0 Å². The van der Waals surface area contributed by atoms with Crippen molar-refractivity contribution in [2.45, 2.75) is 38.5 Å². The zero-order valence-corrected chi connectivity index (χ0v) is 11.0. The highest BCUT2D eigenvalue weighted by atomic mass is 16.5. The van der Waals surface area contributed by atoms with Crippen LogP contribution in [0.4, 0.5) is 11.5 Å². The Balaban J connectivity index is 1.75. The predicted molar refractivity (Wildman–Crippen MR) is 72.7 cm³/mol. The van der Waals surface area contributed by atoms with E-state index in [2.05, 4.69) is 15.3 Å². The van der Waals surface area contributed by atoms with Gasteiger partial charge >= 0.3 is 0 Å². The fraction of sp³-hybridized carbons (Fsp3) is 0.692. The van der Waals surface area contributed by atoms with E-state index in [-0.39, 0.29) is 0 Å². The van der Waals surface area contributed by atoms with Crippen LogP contribution in [-0.2, 0) is 0 Å². The molecule has 0 saturated heterocycles. The highest BCUT2D eigenvalue weighted by Gasteiger charge is 2.14. The quantitative estimate of drug-likeness (QED) is 0.759. The Hall–Kier alpha value is -1.52. The summed E-state index contributed by atoms with van der Waals surface area (Å²) in [6.45, 7) is 0.904. The topological polar surface area (TPSA) is 73.1 Å². The first-order valence-electron chi connectivity index (χ1n) is 6.69. The summed E-state index contributed by atoms with van der Waals surface area (Å²) in [5, 5.41) is 3.26. The van der Waals surface area contributed by atoms with Crippen molar-refractivity contribution in [3.63, 3.8) is 0 Å². The van der Waals surface area contributed by atoms with Crippen molar-refractivity contribution in [2.24, 2.45) is 5.92 Å². The van der Waals surface area contributed by atoms with E-state index in [1.807, 2.05) is 0 Å². The summed E-state index contributed by atoms with van der Waals surface area (Å²) in [7, 11) is 1.56. The van der Waals surface area contributed by atoms with Gasteiger partial charge in [-0.15, -0.1) is 0 Å². The zero-order chi connectivity index (χ0) is 12.8. The number of nitrogen functional groups attached to an aromatic ring is 1. The molecule has 5 nitrogen and oxygen atoms in total. The Morgan fingerprint density at radius 1 is 1.39 bits per heavy atom. The van der Waals surface area contributed by atoms with E-state index in [4.69, 9.17) is 10.5 Å². The van der Waals surface area contributed by atoms with Crippen LogP contribution in [0.5, 0.6) is 5.88 Å². The Morgan fingerprint density at radius 2 is 2.17 bits per heavy atom. The Labute approximate surface area is 108 Å². The van der Waals surface area contributed by atoms with Crippen LogP contribution in [0.15, 0.2) is 6.33 Å². The van der Waals surface area contributed by atoms with Crippen LogP contribution in [0.25, 0.3) is 0 Å². The molecular weight excluding hydrogens is 228 g/mol. The van der Waals surface area contributed by atoms with Crippen molar-refractivity contribution >= 4 is 11.5 Å². The van der Waals surface area contributed by atoms with Crippen molar-refractivity contribution in [3.05, 3.63) is 6.33 Å². The highest BCUT2D eigenvalue weighted by molar-refractivity contribution is 5.66. The largest absolute Gasteiger partial charge is 0.479 e. The maximum atomic E-state index is 5.89. The van der Waals surface area contributed by atoms with Crippen molar-refractivity contribution in [1.29, 1.82) is 0 Å². The monoisotopic (exact) mass is 250 g/mol. The van der Waals surface area contributed by atoms with Crippen LogP contribution < -0.4 is 15.8 Å². The summed E-state index contributed by atoms with van der Waals surface area (Å²) in [6.07, 6.45) is 9.56. The van der Waals surface area contributed by atoms with Crippen LogP contribution in [0.1, 0.15) is 38.5 Å².